The van der Waals surface area contributed by atoms with Gasteiger partial charge in [0.05, 0.1) is 11.9 Å². The van der Waals surface area contributed by atoms with Gasteiger partial charge in [0.1, 0.15) is 0 Å². The Morgan fingerprint density at radius 3 is 2.88 bits per heavy atom. The van der Waals surface area contributed by atoms with Crippen LogP contribution in [0.25, 0.3) is 0 Å². The number of carbonyl (C=O) groups is 1. The summed E-state index contributed by atoms with van der Waals surface area (Å²) in [6.45, 7) is 0.921. The third-order valence-corrected chi connectivity index (χ3v) is 2.43. The summed E-state index contributed by atoms with van der Waals surface area (Å²) in [5.41, 5.74) is 0.726. The fourth-order valence-electron chi connectivity index (χ4n) is 1.26. The molecule has 0 saturated heterocycles. The molecule has 0 aliphatic rings. The minimum absolute atomic E-state index is 0.0294. The van der Waals surface area contributed by atoms with Gasteiger partial charge in [0.15, 0.2) is 0 Å². The molecule has 1 heterocycles. The van der Waals surface area contributed by atoms with Crippen molar-refractivity contribution in [2.24, 2.45) is 0 Å². The Kier molecular flexibility index (Phi) is 5.42. The van der Waals surface area contributed by atoms with Gasteiger partial charge >= 0.3 is 0 Å². The molecule has 16 heavy (non-hydrogen) atoms. The van der Waals surface area contributed by atoms with E-state index in [9.17, 15) is 4.79 Å². The van der Waals surface area contributed by atoms with Crippen LogP contribution in [0.15, 0.2) is 22.9 Å². The molecule has 0 fully saturated rings. The summed E-state index contributed by atoms with van der Waals surface area (Å²) in [5, 5.41) is 2.81. The molecule has 0 aromatic carbocycles. The van der Waals surface area contributed by atoms with Gasteiger partial charge in [0, 0.05) is 17.1 Å². The van der Waals surface area contributed by atoms with Crippen molar-refractivity contribution in [2.45, 2.75) is 12.8 Å². The number of carbonyl (C=O) groups excluding carboxylic acids is 1. The molecule has 1 N–H and O–H groups in total. The van der Waals surface area contributed by atoms with Crippen LogP contribution in [0.2, 0.25) is 0 Å². The van der Waals surface area contributed by atoms with Crippen molar-refractivity contribution in [3.63, 3.8) is 0 Å². The van der Waals surface area contributed by atoms with Gasteiger partial charge in [-0.3, -0.25) is 9.78 Å². The third kappa shape index (κ3) is 5.23. The van der Waals surface area contributed by atoms with Crippen LogP contribution in [0.5, 0.6) is 0 Å². The number of aromatic nitrogens is 1. The van der Waals surface area contributed by atoms with E-state index in [-0.39, 0.29) is 5.91 Å². The highest BCUT2D eigenvalue weighted by molar-refractivity contribution is 9.10. The Labute approximate surface area is 104 Å². The summed E-state index contributed by atoms with van der Waals surface area (Å²) in [7, 11) is 3.99. The van der Waals surface area contributed by atoms with Crippen LogP contribution in [-0.4, -0.2) is 36.4 Å². The molecule has 0 atom stereocenters. The van der Waals surface area contributed by atoms with Crippen molar-refractivity contribution in [2.75, 3.05) is 26.0 Å². The summed E-state index contributed by atoms with van der Waals surface area (Å²) >= 11 is 3.30. The first-order chi connectivity index (χ1) is 7.58. The van der Waals surface area contributed by atoms with Crippen LogP contribution in [0.1, 0.15) is 12.8 Å². The fourth-order valence-corrected chi connectivity index (χ4v) is 1.62. The summed E-state index contributed by atoms with van der Waals surface area (Å²) < 4.78 is 0.860. The normalized spacial score (nSPS) is 10.5. The highest BCUT2D eigenvalue weighted by Gasteiger charge is 2.03. The molecule has 1 aromatic rings. The molecule has 1 rings (SSSR count). The molecule has 88 valence electrons. The molecule has 0 spiro atoms. The molecule has 0 aliphatic carbocycles. The molecular weight excluding hydrogens is 270 g/mol. The van der Waals surface area contributed by atoms with Crippen LogP contribution >= 0.6 is 15.9 Å². The highest BCUT2D eigenvalue weighted by atomic mass is 79.9. The lowest BCUT2D eigenvalue weighted by molar-refractivity contribution is -0.116. The van der Waals surface area contributed by atoms with Crippen molar-refractivity contribution in [1.29, 1.82) is 0 Å². The zero-order valence-corrected chi connectivity index (χ0v) is 11.1. The minimum Gasteiger partial charge on any atom is -0.325 e. The van der Waals surface area contributed by atoms with Crippen LogP contribution in [0, 0.1) is 0 Å². The van der Waals surface area contributed by atoms with Crippen molar-refractivity contribution in [3.8, 4) is 0 Å². The number of nitrogens with zero attached hydrogens (tertiary/aromatic N) is 2. The Morgan fingerprint density at radius 2 is 2.25 bits per heavy atom. The quantitative estimate of drug-likeness (QED) is 0.902. The van der Waals surface area contributed by atoms with Gasteiger partial charge in [-0.1, -0.05) is 0 Å². The zero-order valence-electron chi connectivity index (χ0n) is 9.53. The van der Waals surface area contributed by atoms with E-state index in [0.29, 0.717) is 6.42 Å². The van der Waals surface area contributed by atoms with E-state index < -0.39 is 0 Å². The lowest BCUT2D eigenvalue weighted by atomic mass is 10.3. The first-order valence-electron chi connectivity index (χ1n) is 5.13. The molecule has 0 aliphatic heterocycles. The number of amides is 1. The smallest absolute Gasteiger partial charge is 0.224 e. The molecule has 0 unspecified atom stereocenters. The predicted octanol–water partition coefficient (Wildman–Crippen LogP) is 2.12. The van der Waals surface area contributed by atoms with Gasteiger partial charge in [-0.2, -0.15) is 0 Å². The van der Waals surface area contributed by atoms with E-state index in [1.165, 1.54) is 0 Å². The molecular formula is C11H16BrN3O. The Bertz CT molecular complexity index is 355. The summed E-state index contributed by atoms with van der Waals surface area (Å²) in [5.74, 6) is 0.0294. The van der Waals surface area contributed by atoms with E-state index in [1.54, 1.807) is 12.4 Å². The maximum absolute atomic E-state index is 11.5. The van der Waals surface area contributed by atoms with Crippen LogP contribution < -0.4 is 5.32 Å². The number of hydrogen-bond donors (Lipinski definition) is 1. The van der Waals surface area contributed by atoms with Gasteiger partial charge < -0.3 is 10.2 Å². The van der Waals surface area contributed by atoms with Crippen LogP contribution in [-0.2, 0) is 4.79 Å². The molecule has 0 saturated carbocycles. The van der Waals surface area contributed by atoms with Gasteiger partial charge in [-0.25, -0.2) is 0 Å². The van der Waals surface area contributed by atoms with E-state index in [1.807, 2.05) is 20.2 Å². The number of anilines is 1. The molecule has 5 heteroatoms. The molecule has 4 nitrogen and oxygen atoms in total. The second kappa shape index (κ2) is 6.60. The first kappa shape index (κ1) is 13.1. The predicted molar refractivity (Wildman–Crippen MR) is 68.4 cm³/mol. The SMILES string of the molecule is CN(C)CCCC(=O)Nc1cncc(Br)c1. The molecule has 1 aromatic heterocycles. The van der Waals surface area contributed by atoms with E-state index in [0.717, 1.165) is 23.1 Å². The molecule has 1 amide bonds. The lowest BCUT2D eigenvalue weighted by Gasteiger charge is -2.09. The van der Waals surface area contributed by atoms with Crippen molar-refractivity contribution < 1.29 is 4.79 Å². The van der Waals surface area contributed by atoms with E-state index >= 15 is 0 Å². The minimum atomic E-state index is 0.0294. The Balaban J connectivity index is 2.34. The number of rotatable bonds is 5. The number of halogens is 1. The molecule has 0 bridgehead atoms. The number of pyridine rings is 1. The lowest BCUT2D eigenvalue weighted by Crippen LogP contribution is -2.17. The Hall–Kier alpha value is -0.940. The highest BCUT2D eigenvalue weighted by Crippen LogP contribution is 2.13. The topological polar surface area (TPSA) is 45.2 Å². The van der Waals surface area contributed by atoms with Gasteiger partial charge in [0.2, 0.25) is 5.91 Å². The monoisotopic (exact) mass is 285 g/mol. The van der Waals surface area contributed by atoms with Crippen molar-refractivity contribution in [1.82, 2.24) is 9.88 Å². The summed E-state index contributed by atoms with van der Waals surface area (Å²) in [6, 6.07) is 1.83. The van der Waals surface area contributed by atoms with Gasteiger partial charge in [-0.15, -0.1) is 0 Å². The number of hydrogen-bond acceptors (Lipinski definition) is 3. The van der Waals surface area contributed by atoms with E-state index in [4.69, 9.17) is 0 Å². The Morgan fingerprint density at radius 1 is 1.50 bits per heavy atom. The van der Waals surface area contributed by atoms with E-state index in [2.05, 4.69) is 31.1 Å². The fraction of sp³-hybridized carbons (Fsp3) is 0.455. The van der Waals surface area contributed by atoms with Gasteiger partial charge in [0.25, 0.3) is 0 Å². The van der Waals surface area contributed by atoms with Crippen LogP contribution in [0.4, 0.5) is 5.69 Å². The maximum Gasteiger partial charge on any atom is 0.224 e. The van der Waals surface area contributed by atoms with Crippen molar-refractivity contribution in [3.05, 3.63) is 22.9 Å². The van der Waals surface area contributed by atoms with Crippen molar-refractivity contribution >= 4 is 27.5 Å². The maximum atomic E-state index is 11.5. The molecule has 0 radical (unpaired) electrons. The second-order valence-corrected chi connectivity index (χ2v) is 4.76. The summed E-state index contributed by atoms with van der Waals surface area (Å²) in [6.07, 6.45) is 4.71. The largest absolute Gasteiger partial charge is 0.325 e. The third-order valence-electron chi connectivity index (χ3n) is 2.00. The number of nitrogens with one attached hydrogen (secondary N) is 1. The summed E-state index contributed by atoms with van der Waals surface area (Å²) in [4.78, 5) is 17.6. The standard InChI is InChI=1S/C11H16BrN3O/c1-15(2)5-3-4-11(16)14-10-6-9(12)7-13-8-10/h6-8H,3-5H2,1-2H3,(H,14,16). The second-order valence-electron chi connectivity index (χ2n) is 3.85. The average molecular weight is 286 g/mol. The first-order valence-corrected chi connectivity index (χ1v) is 5.92. The average Bonchev–Trinajstić information content (AvgIpc) is 2.16. The zero-order chi connectivity index (χ0) is 12.0. The van der Waals surface area contributed by atoms with Crippen LogP contribution in [0.3, 0.4) is 0 Å². The van der Waals surface area contributed by atoms with Gasteiger partial charge in [-0.05, 0) is 49.1 Å².